The Bertz CT molecular complexity index is 2260. The minimum Gasteiger partial charge on any atom is -0.508 e. The first-order valence-corrected chi connectivity index (χ1v) is 26.3. The number of carboxylic acids is 1. The van der Waals surface area contributed by atoms with Crippen molar-refractivity contribution >= 4 is 33.5 Å². The molecule has 364 valence electrons. The lowest BCUT2D eigenvalue weighted by atomic mass is 9.72. The summed E-state index contributed by atoms with van der Waals surface area (Å²) in [6.45, 7) is 11.4. The van der Waals surface area contributed by atoms with Gasteiger partial charge in [0.15, 0.2) is 0 Å². The van der Waals surface area contributed by atoms with Gasteiger partial charge in [0.2, 0.25) is 0 Å². The highest BCUT2D eigenvalue weighted by atomic mass is 16.5. The molecule has 3 N–H and O–H groups in total. The maximum atomic E-state index is 11.8. The number of ether oxygens (including phenoxy) is 2. The molecule has 9 heteroatoms. The quantitative estimate of drug-likeness (QED) is 0.141. The number of benzene rings is 4. The number of aliphatic hydroxyl groups is 1. The summed E-state index contributed by atoms with van der Waals surface area (Å²) in [4.78, 5) is 27.9. The SMILES string of the molecule is CCOC(=O)C1CCN(Cc2c(O)cc(C)c3ccccc23)CC1.Cc1cc(OC2CCC3(CCCC3)CC2)c(CN2CCC(C(=O)O)CC2)c2ccccc12.OC1CCC2(CCCC2)CC1. The lowest BCUT2D eigenvalue weighted by Crippen LogP contribution is -2.36. The number of phenols is 1. The average Bonchev–Trinajstić information content (AvgIpc) is 4.01. The van der Waals surface area contributed by atoms with Crippen LogP contribution >= 0.6 is 0 Å². The Balaban J connectivity index is 0.000000152. The van der Waals surface area contributed by atoms with E-state index in [-0.39, 0.29) is 23.9 Å². The minimum atomic E-state index is -0.646. The Morgan fingerprint density at radius 2 is 1.06 bits per heavy atom. The fraction of sp³-hybridized carbons (Fsp3) is 0.621. The minimum absolute atomic E-state index is 0.0181. The number of phenolic OH excluding ortho intramolecular Hbond substituents is 1. The van der Waals surface area contributed by atoms with Crippen molar-refractivity contribution in [1.82, 2.24) is 9.80 Å². The standard InChI is InChI=1S/C28H37NO3.C20H25NO3.C10H18O/c1-20-18-26(32-22-8-14-28(15-9-22)12-4-5-13-28)25(24-7-3-2-6-23(20)24)19-29-16-10-21(11-17-29)27(30)31;1-3-24-20(23)15-8-10-21(11-9-15)13-18-17-7-5-4-6-16(17)14(2)12-19(18)22;11-9-3-7-10(8-4-9)5-1-2-6-10/h2-3,6-7,18,21-22H,4-5,8-17,19H2,1H3,(H,30,31);4-7,12,15,22H,3,8-11,13H2,1-2H3;9,11H,1-8H2. The second-order valence-electron chi connectivity index (χ2n) is 21.6. The number of hydrogen-bond donors (Lipinski definition) is 3. The first-order valence-electron chi connectivity index (χ1n) is 26.3. The van der Waals surface area contributed by atoms with E-state index in [1.165, 1.54) is 117 Å². The third-order valence-corrected chi connectivity index (χ3v) is 17.2. The lowest BCUT2D eigenvalue weighted by molar-refractivity contribution is -0.149. The second kappa shape index (κ2) is 22.5. The number of carbonyl (C=O) groups excluding carboxylic acids is 1. The number of esters is 1. The van der Waals surface area contributed by atoms with Crippen molar-refractivity contribution < 1.29 is 34.4 Å². The lowest BCUT2D eigenvalue weighted by Gasteiger charge is -2.38. The van der Waals surface area contributed by atoms with E-state index in [4.69, 9.17) is 9.47 Å². The summed E-state index contributed by atoms with van der Waals surface area (Å²) >= 11 is 0. The predicted molar refractivity (Wildman–Crippen MR) is 268 cm³/mol. The van der Waals surface area contributed by atoms with Crippen LogP contribution < -0.4 is 4.74 Å². The molecule has 0 bridgehead atoms. The average molecular weight is 917 g/mol. The van der Waals surface area contributed by atoms with Crippen LogP contribution in [0, 0.1) is 36.5 Å². The smallest absolute Gasteiger partial charge is 0.309 e. The highest BCUT2D eigenvalue weighted by Crippen LogP contribution is 2.50. The van der Waals surface area contributed by atoms with Crippen molar-refractivity contribution in [2.24, 2.45) is 22.7 Å². The maximum Gasteiger partial charge on any atom is 0.309 e. The molecule has 0 unspecified atom stereocenters. The number of fused-ring (bicyclic) bond motifs is 2. The van der Waals surface area contributed by atoms with E-state index in [0.29, 0.717) is 35.8 Å². The number of aromatic hydroxyl groups is 1. The van der Waals surface area contributed by atoms with Crippen molar-refractivity contribution in [3.63, 3.8) is 0 Å². The van der Waals surface area contributed by atoms with Crippen molar-refractivity contribution in [2.45, 2.75) is 174 Å². The van der Waals surface area contributed by atoms with E-state index in [2.05, 4.69) is 59.2 Å². The molecular formula is C58H80N2O7. The monoisotopic (exact) mass is 917 g/mol. The third kappa shape index (κ3) is 12.2. The summed E-state index contributed by atoms with van der Waals surface area (Å²) in [5.41, 5.74) is 5.93. The fourth-order valence-electron chi connectivity index (χ4n) is 13.0. The molecule has 67 heavy (non-hydrogen) atoms. The van der Waals surface area contributed by atoms with Crippen LogP contribution in [0.3, 0.4) is 0 Å². The highest BCUT2D eigenvalue weighted by Gasteiger charge is 2.39. The molecule has 9 nitrogen and oxygen atoms in total. The van der Waals surface area contributed by atoms with E-state index in [1.807, 2.05) is 32.0 Å². The number of rotatable bonds is 9. The van der Waals surface area contributed by atoms with E-state index in [0.717, 1.165) is 93.5 Å². The number of aliphatic hydroxyl groups excluding tert-OH is 1. The Morgan fingerprint density at radius 3 is 1.57 bits per heavy atom. The summed E-state index contributed by atoms with van der Waals surface area (Å²) in [6, 6.07) is 21.0. The molecule has 4 aromatic carbocycles. The zero-order valence-corrected chi connectivity index (χ0v) is 41.0. The summed E-state index contributed by atoms with van der Waals surface area (Å²) in [5.74, 6) is 0.520. The van der Waals surface area contributed by atoms with Crippen LogP contribution in [0.25, 0.3) is 21.5 Å². The van der Waals surface area contributed by atoms with Crippen LogP contribution in [0.5, 0.6) is 11.5 Å². The van der Waals surface area contributed by atoms with Crippen LogP contribution in [-0.2, 0) is 27.4 Å². The molecule has 4 aliphatic carbocycles. The molecule has 6 aliphatic rings. The number of aliphatic carboxylic acids is 1. The van der Waals surface area contributed by atoms with Gasteiger partial charge in [-0.25, -0.2) is 0 Å². The molecule has 4 saturated carbocycles. The Kier molecular flexibility index (Phi) is 16.5. The van der Waals surface area contributed by atoms with Crippen molar-refractivity contribution in [2.75, 3.05) is 32.8 Å². The number of aryl methyl sites for hydroxylation is 2. The molecule has 2 saturated heterocycles. The number of piperidine rings is 2. The highest BCUT2D eigenvalue weighted by molar-refractivity contribution is 5.91. The maximum absolute atomic E-state index is 11.8. The molecule has 2 heterocycles. The molecule has 0 radical (unpaired) electrons. The van der Waals surface area contributed by atoms with E-state index < -0.39 is 5.97 Å². The Morgan fingerprint density at radius 1 is 0.612 bits per heavy atom. The van der Waals surface area contributed by atoms with Crippen LogP contribution in [0.2, 0.25) is 0 Å². The Hall–Kier alpha value is -4.18. The van der Waals surface area contributed by atoms with Gasteiger partial charge >= 0.3 is 11.9 Å². The van der Waals surface area contributed by atoms with Gasteiger partial charge in [-0.15, -0.1) is 0 Å². The fourth-order valence-corrected chi connectivity index (χ4v) is 13.0. The topological polar surface area (TPSA) is 120 Å². The number of hydrogen-bond acceptors (Lipinski definition) is 8. The van der Waals surface area contributed by atoms with Gasteiger partial charge in [0.1, 0.15) is 11.5 Å². The van der Waals surface area contributed by atoms with Gasteiger partial charge in [0.05, 0.1) is 30.7 Å². The predicted octanol–water partition coefficient (Wildman–Crippen LogP) is 12.4. The molecule has 2 aliphatic heterocycles. The molecule has 2 spiro atoms. The van der Waals surface area contributed by atoms with E-state index in [9.17, 15) is 24.9 Å². The normalized spacial score (nSPS) is 22.6. The van der Waals surface area contributed by atoms with Crippen molar-refractivity contribution in [3.05, 3.63) is 82.9 Å². The Labute approximate surface area is 400 Å². The van der Waals surface area contributed by atoms with Gasteiger partial charge in [-0.05, 0) is 205 Å². The third-order valence-electron chi connectivity index (χ3n) is 17.2. The van der Waals surface area contributed by atoms with Gasteiger partial charge in [-0.1, -0.05) is 74.2 Å². The summed E-state index contributed by atoms with van der Waals surface area (Å²) in [6.07, 6.45) is 24.6. The summed E-state index contributed by atoms with van der Waals surface area (Å²) in [7, 11) is 0. The first kappa shape index (κ1) is 49.2. The van der Waals surface area contributed by atoms with Crippen molar-refractivity contribution in [3.8, 4) is 11.5 Å². The molecular weight excluding hydrogens is 837 g/mol. The van der Waals surface area contributed by atoms with Gasteiger partial charge in [-0.2, -0.15) is 0 Å². The molecule has 4 aromatic rings. The van der Waals surface area contributed by atoms with Gasteiger partial charge in [-0.3, -0.25) is 19.4 Å². The molecule has 0 amide bonds. The molecule has 10 rings (SSSR count). The van der Waals surface area contributed by atoms with Crippen LogP contribution in [-0.4, -0.2) is 82.1 Å². The molecule has 0 atom stereocenters. The zero-order valence-electron chi connectivity index (χ0n) is 41.0. The first-order chi connectivity index (χ1) is 32.4. The van der Waals surface area contributed by atoms with Crippen molar-refractivity contribution in [1.29, 1.82) is 0 Å². The number of nitrogens with zero attached hydrogens (tertiary/aromatic N) is 2. The van der Waals surface area contributed by atoms with Crippen LogP contribution in [0.15, 0.2) is 60.7 Å². The van der Waals surface area contributed by atoms with E-state index >= 15 is 0 Å². The van der Waals surface area contributed by atoms with Gasteiger partial charge in [0.25, 0.3) is 0 Å². The summed E-state index contributed by atoms with van der Waals surface area (Å²) < 4.78 is 11.9. The van der Waals surface area contributed by atoms with Gasteiger partial charge in [0, 0.05) is 24.2 Å². The number of carbonyl (C=O) groups is 2. The largest absolute Gasteiger partial charge is 0.508 e. The number of carboxylic acid groups (broad SMARTS) is 1. The van der Waals surface area contributed by atoms with Crippen LogP contribution in [0.1, 0.15) is 158 Å². The number of likely N-dealkylation sites (tertiary alicyclic amines) is 2. The van der Waals surface area contributed by atoms with Crippen LogP contribution in [0.4, 0.5) is 0 Å². The van der Waals surface area contributed by atoms with E-state index in [1.54, 1.807) is 0 Å². The molecule has 6 fully saturated rings. The molecule has 0 aromatic heterocycles. The zero-order chi connectivity index (χ0) is 47.0. The van der Waals surface area contributed by atoms with Gasteiger partial charge < -0.3 is 24.8 Å². The second-order valence-corrected chi connectivity index (χ2v) is 21.6. The summed E-state index contributed by atoms with van der Waals surface area (Å²) in [5, 5.41) is 34.0.